The first-order chi connectivity index (χ1) is 19.3. The summed E-state index contributed by atoms with van der Waals surface area (Å²) in [6.07, 6.45) is 12.1. The zero-order chi connectivity index (χ0) is 28.7. The first-order valence-corrected chi connectivity index (χ1v) is 14.8. The first kappa shape index (κ1) is 30.3. The summed E-state index contributed by atoms with van der Waals surface area (Å²) in [7, 11) is 6.80. The lowest BCUT2D eigenvalue weighted by molar-refractivity contribution is -0.143. The summed E-state index contributed by atoms with van der Waals surface area (Å²) >= 11 is 0. The lowest BCUT2D eigenvalue weighted by atomic mass is 9.73. The fraction of sp³-hybridized carbons (Fsp3) is 0.710. The molecule has 40 heavy (non-hydrogen) atoms. The Morgan fingerprint density at radius 1 is 1.07 bits per heavy atom. The van der Waals surface area contributed by atoms with Gasteiger partial charge in [0.1, 0.15) is 5.82 Å². The zero-order valence-corrected chi connectivity index (χ0v) is 24.5. The summed E-state index contributed by atoms with van der Waals surface area (Å²) in [5, 5.41) is 0. The Labute approximate surface area is 238 Å². The van der Waals surface area contributed by atoms with E-state index in [-0.39, 0.29) is 36.7 Å². The van der Waals surface area contributed by atoms with Crippen molar-refractivity contribution in [1.82, 2.24) is 9.80 Å². The van der Waals surface area contributed by atoms with E-state index in [1.807, 2.05) is 12.4 Å². The van der Waals surface area contributed by atoms with Gasteiger partial charge in [-0.2, -0.15) is 0 Å². The van der Waals surface area contributed by atoms with Crippen molar-refractivity contribution in [2.24, 2.45) is 16.8 Å². The number of ether oxygens (including phenoxy) is 3. The minimum absolute atomic E-state index is 0.102. The third kappa shape index (κ3) is 7.14. The molecule has 222 valence electrons. The average Bonchev–Trinajstić information content (AvgIpc) is 3.30. The van der Waals surface area contributed by atoms with Crippen LogP contribution in [0.2, 0.25) is 0 Å². The molecule has 0 saturated heterocycles. The van der Waals surface area contributed by atoms with Gasteiger partial charge < -0.3 is 24.0 Å². The van der Waals surface area contributed by atoms with Gasteiger partial charge in [0, 0.05) is 18.5 Å². The molecule has 2 aliphatic carbocycles. The van der Waals surface area contributed by atoms with Crippen LogP contribution in [0.25, 0.3) is 0 Å². The Bertz CT molecular complexity index is 1020. The highest BCUT2D eigenvalue weighted by molar-refractivity contribution is 5.70. The van der Waals surface area contributed by atoms with Gasteiger partial charge in [-0.25, -0.2) is 14.2 Å². The third-order valence-corrected chi connectivity index (χ3v) is 9.27. The largest absolute Gasteiger partial charge is 0.510 e. The molecule has 3 unspecified atom stereocenters. The van der Waals surface area contributed by atoms with Gasteiger partial charge in [-0.1, -0.05) is 44.2 Å². The lowest BCUT2D eigenvalue weighted by Crippen LogP contribution is -2.53. The Balaban J connectivity index is 1.52. The minimum Gasteiger partial charge on any atom is -0.469 e. The second-order valence-electron chi connectivity index (χ2n) is 12.0. The molecule has 3 aliphatic rings. The number of aliphatic imine (C=N–C) groups is 1. The normalized spacial score (nSPS) is 27.9. The van der Waals surface area contributed by atoms with Gasteiger partial charge in [0.15, 0.2) is 0 Å². The maximum atomic E-state index is 14.1. The topological polar surface area (TPSA) is 80.7 Å². The highest BCUT2D eigenvalue weighted by Crippen LogP contribution is 2.45. The highest BCUT2D eigenvalue weighted by Gasteiger charge is 2.51. The van der Waals surface area contributed by atoms with Crippen LogP contribution in [0, 0.1) is 17.7 Å². The van der Waals surface area contributed by atoms with E-state index in [0.717, 1.165) is 50.5 Å². The van der Waals surface area contributed by atoms with Gasteiger partial charge in [0.05, 0.1) is 33.0 Å². The van der Waals surface area contributed by atoms with Crippen molar-refractivity contribution in [3.63, 3.8) is 0 Å². The number of halogens is 1. The summed E-state index contributed by atoms with van der Waals surface area (Å²) in [6.45, 7) is 0. The van der Waals surface area contributed by atoms with E-state index < -0.39 is 11.9 Å². The highest BCUT2D eigenvalue weighted by atomic mass is 19.1. The molecule has 0 N–H and O–H groups in total. The summed E-state index contributed by atoms with van der Waals surface area (Å²) in [5.74, 6) is 0.294. The molecule has 0 spiro atoms. The fourth-order valence-corrected chi connectivity index (χ4v) is 7.28. The Morgan fingerprint density at radius 3 is 2.42 bits per heavy atom. The SMILES string of the molecule is COC(=O)CCC1(OC(=O)OC)N=CN(C2CCCCC2)C1CC1CCC(C(c2cccc(F)c2)N(C)C)CC1. The number of rotatable bonds is 10. The molecule has 1 aromatic carbocycles. The van der Waals surface area contributed by atoms with Crippen LogP contribution in [0.15, 0.2) is 29.3 Å². The van der Waals surface area contributed by atoms with Crippen LogP contribution < -0.4 is 0 Å². The van der Waals surface area contributed by atoms with Crippen LogP contribution >= 0.6 is 0 Å². The molecule has 0 radical (unpaired) electrons. The third-order valence-electron chi connectivity index (χ3n) is 9.27. The van der Waals surface area contributed by atoms with Crippen LogP contribution in [-0.2, 0) is 19.0 Å². The van der Waals surface area contributed by atoms with Crippen LogP contribution in [0.4, 0.5) is 9.18 Å². The molecular formula is C31H46FN3O5. The van der Waals surface area contributed by atoms with Gasteiger partial charge in [0.2, 0.25) is 5.72 Å². The number of carbonyl (C=O) groups is 2. The number of hydrogen-bond acceptors (Lipinski definition) is 8. The number of carbonyl (C=O) groups excluding carboxylic acids is 2. The molecule has 9 heteroatoms. The van der Waals surface area contributed by atoms with E-state index in [1.54, 1.807) is 12.1 Å². The van der Waals surface area contributed by atoms with E-state index in [1.165, 1.54) is 39.5 Å². The molecule has 1 heterocycles. The molecule has 2 saturated carbocycles. The minimum atomic E-state index is -1.19. The van der Waals surface area contributed by atoms with E-state index in [4.69, 9.17) is 19.2 Å². The summed E-state index contributed by atoms with van der Waals surface area (Å²) < 4.78 is 29.8. The molecule has 1 aromatic rings. The second-order valence-corrected chi connectivity index (χ2v) is 12.0. The Kier molecular flexibility index (Phi) is 10.4. The smallest absolute Gasteiger partial charge is 0.469 e. The number of hydrogen-bond donors (Lipinski definition) is 0. The molecule has 0 bridgehead atoms. The molecule has 0 amide bonds. The van der Waals surface area contributed by atoms with E-state index >= 15 is 0 Å². The predicted molar refractivity (Wildman–Crippen MR) is 151 cm³/mol. The van der Waals surface area contributed by atoms with E-state index in [0.29, 0.717) is 17.9 Å². The van der Waals surface area contributed by atoms with Gasteiger partial charge in [0.25, 0.3) is 0 Å². The number of benzene rings is 1. The molecule has 4 rings (SSSR count). The monoisotopic (exact) mass is 559 g/mol. The van der Waals surface area contributed by atoms with Crippen molar-refractivity contribution in [1.29, 1.82) is 0 Å². The maximum absolute atomic E-state index is 14.1. The lowest BCUT2D eigenvalue weighted by Gasteiger charge is -2.43. The molecule has 2 fully saturated rings. The Hall–Kier alpha value is -2.68. The fourth-order valence-electron chi connectivity index (χ4n) is 7.28. The van der Waals surface area contributed by atoms with Crippen molar-refractivity contribution < 1.29 is 28.2 Å². The summed E-state index contributed by atoms with van der Waals surface area (Å²) in [6, 6.07) is 7.30. The van der Waals surface area contributed by atoms with Crippen LogP contribution in [-0.4, -0.2) is 74.4 Å². The summed E-state index contributed by atoms with van der Waals surface area (Å²) in [5.41, 5.74) is -0.169. The number of methoxy groups -OCH3 is 2. The standard InChI is InChI=1S/C31H46FN3O5/c1-34(2)29(24-9-8-10-25(32)20-24)23-15-13-22(14-16-23)19-27-31(40-30(37)39-4,18-17-28(36)38-3)33-21-35(27)26-11-6-5-7-12-26/h8-10,20-23,26-27,29H,5-7,11-19H2,1-4H3. The molecule has 3 atom stereocenters. The molecule has 1 aliphatic heterocycles. The number of esters is 1. The van der Waals surface area contributed by atoms with Gasteiger partial charge in [-0.3, -0.25) is 4.79 Å². The first-order valence-electron chi connectivity index (χ1n) is 14.8. The predicted octanol–water partition coefficient (Wildman–Crippen LogP) is 6.10. The quantitative estimate of drug-likeness (QED) is 0.320. The molecular weight excluding hydrogens is 513 g/mol. The second kappa shape index (κ2) is 13.8. The molecule has 0 aromatic heterocycles. The van der Waals surface area contributed by atoms with Gasteiger partial charge in [-0.15, -0.1) is 0 Å². The van der Waals surface area contributed by atoms with E-state index in [9.17, 15) is 14.0 Å². The van der Waals surface area contributed by atoms with Crippen molar-refractivity contribution in [3.8, 4) is 0 Å². The zero-order valence-electron chi connectivity index (χ0n) is 24.5. The average molecular weight is 560 g/mol. The maximum Gasteiger partial charge on any atom is 0.510 e. The van der Waals surface area contributed by atoms with Crippen LogP contribution in [0.5, 0.6) is 0 Å². The number of nitrogens with zero attached hydrogens (tertiary/aromatic N) is 3. The van der Waals surface area contributed by atoms with Crippen molar-refractivity contribution in [3.05, 3.63) is 35.6 Å². The van der Waals surface area contributed by atoms with Crippen molar-refractivity contribution in [2.75, 3.05) is 28.3 Å². The molecule has 8 nitrogen and oxygen atoms in total. The van der Waals surface area contributed by atoms with Gasteiger partial charge >= 0.3 is 12.1 Å². The van der Waals surface area contributed by atoms with Gasteiger partial charge in [-0.05, 0) is 75.7 Å². The van der Waals surface area contributed by atoms with Crippen LogP contribution in [0.1, 0.15) is 88.7 Å². The summed E-state index contributed by atoms with van der Waals surface area (Å²) in [4.78, 5) is 33.9. The van der Waals surface area contributed by atoms with Crippen molar-refractivity contribution in [2.45, 2.75) is 101 Å². The Morgan fingerprint density at radius 2 is 1.80 bits per heavy atom. The van der Waals surface area contributed by atoms with E-state index in [2.05, 4.69) is 23.9 Å². The van der Waals surface area contributed by atoms with Crippen molar-refractivity contribution >= 4 is 18.5 Å². The van der Waals surface area contributed by atoms with Crippen LogP contribution in [0.3, 0.4) is 0 Å².